The summed E-state index contributed by atoms with van der Waals surface area (Å²) in [6.45, 7) is 8.17. The van der Waals surface area contributed by atoms with Crippen molar-refractivity contribution >= 4 is 11.8 Å². The summed E-state index contributed by atoms with van der Waals surface area (Å²) >= 11 is 0. The van der Waals surface area contributed by atoms with Crippen molar-refractivity contribution in [1.82, 2.24) is 25.0 Å². The summed E-state index contributed by atoms with van der Waals surface area (Å²) < 4.78 is 5.44. The minimum Gasteiger partial charge on any atom is -0.368 e. The molecular weight excluding hydrogens is 342 g/mol. The van der Waals surface area contributed by atoms with E-state index >= 15 is 0 Å². The fourth-order valence-electron chi connectivity index (χ4n) is 3.20. The van der Waals surface area contributed by atoms with Crippen molar-refractivity contribution in [2.75, 3.05) is 36.8 Å². The smallest absolute Gasteiger partial charge is 0.241 e. The maximum Gasteiger partial charge on any atom is 0.241 e. The first kappa shape index (κ1) is 17.4. The Labute approximate surface area is 158 Å². The van der Waals surface area contributed by atoms with Crippen LogP contribution >= 0.6 is 0 Å². The molecule has 0 atom stereocenters. The summed E-state index contributed by atoms with van der Waals surface area (Å²) in [6, 6.07) is 10.1. The second-order valence-electron chi connectivity index (χ2n) is 6.87. The van der Waals surface area contributed by atoms with E-state index in [1.807, 2.05) is 37.3 Å². The lowest BCUT2D eigenvalue weighted by molar-refractivity contribution is 0.215. The van der Waals surface area contributed by atoms with Crippen molar-refractivity contribution in [2.45, 2.75) is 20.4 Å². The molecule has 3 heterocycles. The van der Waals surface area contributed by atoms with Gasteiger partial charge in [0.05, 0.1) is 6.54 Å². The number of aromatic nitrogens is 4. The van der Waals surface area contributed by atoms with Crippen LogP contribution < -0.4 is 10.6 Å². The van der Waals surface area contributed by atoms with Crippen molar-refractivity contribution < 1.29 is 4.52 Å². The van der Waals surface area contributed by atoms with E-state index < -0.39 is 0 Å². The maximum atomic E-state index is 5.77. The monoisotopic (exact) mass is 365 g/mol. The highest BCUT2D eigenvalue weighted by Gasteiger charge is 2.21. The molecule has 0 aliphatic carbocycles. The fraction of sp³-hybridized carbons (Fsp3) is 0.368. The second-order valence-corrected chi connectivity index (χ2v) is 6.87. The first-order valence-corrected chi connectivity index (χ1v) is 9.05. The van der Waals surface area contributed by atoms with Gasteiger partial charge in [0.15, 0.2) is 0 Å². The summed E-state index contributed by atoms with van der Waals surface area (Å²) in [4.78, 5) is 17.5. The highest BCUT2D eigenvalue weighted by Crippen LogP contribution is 2.19. The fourth-order valence-corrected chi connectivity index (χ4v) is 3.20. The van der Waals surface area contributed by atoms with E-state index in [1.165, 1.54) is 5.56 Å². The van der Waals surface area contributed by atoms with Crippen LogP contribution in [0.4, 0.5) is 11.8 Å². The minimum atomic E-state index is 0.321. The molecule has 1 aliphatic heterocycles. The summed E-state index contributed by atoms with van der Waals surface area (Å²) in [5.41, 5.74) is 8.83. The van der Waals surface area contributed by atoms with Crippen LogP contribution in [-0.2, 0) is 6.54 Å². The van der Waals surface area contributed by atoms with Crippen molar-refractivity contribution in [3.8, 4) is 11.4 Å². The molecule has 1 aromatic carbocycles. The molecule has 2 N–H and O–H groups in total. The Hall–Kier alpha value is -3.00. The van der Waals surface area contributed by atoms with Gasteiger partial charge in [0.1, 0.15) is 5.82 Å². The quantitative estimate of drug-likeness (QED) is 0.750. The van der Waals surface area contributed by atoms with E-state index in [4.69, 9.17) is 10.3 Å². The minimum absolute atomic E-state index is 0.321. The second kappa shape index (κ2) is 7.32. The lowest BCUT2D eigenvalue weighted by Crippen LogP contribution is -2.46. The third-order valence-electron chi connectivity index (χ3n) is 4.69. The molecule has 1 saturated heterocycles. The van der Waals surface area contributed by atoms with Gasteiger partial charge in [-0.2, -0.15) is 9.97 Å². The van der Waals surface area contributed by atoms with Gasteiger partial charge in [0.2, 0.25) is 17.7 Å². The summed E-state index contributed by atoms with van der Waals surface area (Å²) in [5.74, 6) is 2.48. The van der Waals surface area contributed by atoms with Crippen molar-refractivity contribution in [3.05, 3.63) is 47.5 Å². The Bertz CT molecular complexity index is 894. The number of anilines is 2. The summed E-state index contributed by atoms with van der Waals surface area (Å²) in [6.07, 6.45) is 0. The highest BCUT2D eigenvalue weighted by atomic mass is 16.5. The zero-order chi connectivity index (χ0) is 18.8. The van der Waals surface area contributed by atoms with Gasteiger partial charge in [-0.3, -0.25) is 4.90 Å². The van der Waals surface area contributed by atoms with Crippen molar-refractivity contribution in [2.24, 2.45) is 0 Å². The van der Waals surface area contributed by atoms with E-state index in [9.17, 15) is 0 Å². The molecule has 140 valence electrons. The Morgan fingerprint density at radius 1 is 1.00 bits per heavy atom. The predicted octanol–water partition coefficient (Wildman–Crippen LogP) is 2.05. The van der Waals surface area contributed by atoms with Crippen LogP contribution in [0.25, 0.3) is 11.4 Å². The number of benzene rings is 1. The molecule has 3 aromatic rings. The number of nitrogen functional groups attached to an aromatic ring is 1. The first-order valence-electron chi connectivity index (χ1n) is 9.05. The van der Waals surface area contributed by atoms with Crippen LogP contribution in [0, 0.1) is 13.8 Å². The van der Waals surface area contributed by atoms with Gasteiger partial charge in [0, 0.05) is 43.5 Å². The highest BCUT2D eigenvalue weighted by molar-refractivity contribution is 5.54. The van der Waals surface area contributed by atoms with Gasteiger partial charge in [-0.05, 0) is 13.8 Å². The number of aryl methyl sites for hydroxylation is 2. The summed E-state index contributed by atoms with van der Waals surface area (Å²) in [5, 5.41) is 4.11. The zero-order valence-corrected chi connectivity index (χ0v) is 15.6. The number of nitrogens with zero attached hydrogens (tertiary/aromatic N) is 6. The number of rotatable bonds is 4. The molecule has 8 heteroatoms. The van der Waals surface area contributed by atoms with Gasteiger partial charge in [0.25, 0.3) is 0 Å². The number of piperazine rings is 1. The molecule has 2 aromatic heterocycles. The van der Waals surface area contributed by atoms with Crippen LogP contribution in [0.5, 0.6) is 0 Å². The molecule has 0 radical (unpaired) electrons. The van der Waals surface area contributed by atoms with Gasteiger partial charge < -0.3 is 15.2 Å². The number of nitrogens with two attached hydrogens (primary N) is 1. The lowest BCUT2D eigenvalue weighted by atomic mass is 10.1. The van der Waals surface area contributed by atoms with E-state index in [1.54, 1.807) is 0 Å². The van der Waals surface area contributed by atoms with Crippen molar-refractivity contribution in [1.29, 1.82) is 0 Å². The molecule has 1 aliphatic rings. The molecule has 8 nitrogen and oxygen atoms in total. The van der Waals surface area contributed by atoms with E-state index in [2.05, 4.69) is 36.8 Å². The number of hydrogen-bond acceptors (Lipinski definition) is 8. The third-order valence-corrected chi connectivity index (χ3v) is 4.69. The maximum absolute atomic E-state index is 5.77. The molecule has 1 fully saturated rings. The van der Waals surface area contributed by atoms with Crippen LogP contribution in [0.15, 0.2) is 34.9 Å². The molecule has 4 rings (SSSR count). The Kier molecular flexibility index (Phi) is 4.72. The molecule has 0 spiro atoms. The van der Waals surface area contributed by atoms with E-state index in [-0.39, 0.29) is 0 Å². The van der Waals surface area contributed by atoms with Crippen LogP contribution in [0.3, 0.4) is 0 Å². The molecule has 0 saturated carbocycles. The van der Waals surface area contributed by atoms with Gasteiger partial charge in [-0.15, -0.1) is 0 Å². The third kappa shape index (κ3) is 4.06. The molecule has 0 unspecified atom stereocenters. The first-order chi connectivity index (χ1) is 13.1. The van der Waals surface area contributed by atoms with Gasteiger partial charge in [-0.1, -0.05) is 35.0 Å². The van der Waals surface area contributed by atoms with E-state index in [0.29, 0.717) is 24.2 Å². The molecule has 0 amide bonds. The Morgan fingerprint density at radius 2 is 1.74 bits per heavy atom. The molecule has 0 bridgehead atoms. The summed E-state index contributed by atoms with van der Waals surface area (Å²) in [7, 11) is 0. The lowest BCUT2D eigenvalue weighted by Gasteiger charge is -2.34. The van der Waals surface area contributed by atoms with Crippen molar-refractivity contribution in [3.63, 3.8) is 0 Å². The Morgan fingerprint density at radius 3 is 2.44 bits per heavy atom. The largest absolute Gasteiger partial charge is 0.368 e. The molecular formula is C19H23N7O. The zero-order valence-electron chi connectivity index (χ0n) is 15.6. The van der Waals surface area contributed by atoms with Crippen LogP contribution in [0.1, 0.15) is 17.1 Å². The topological polar surface area (TPSA) is 97.2 Å². The predicted molar refractivity (Wildman–Crippen MR) is 103 cm³/mol. The number of hydrogen-bond donors (Lipinski definition) is 1. The van der Waals surface area contributed by atoms with Crippen LogP contribution in [0.2, 0.25) is 0 Å². The molecule has 27 heavy (non-hydrogen) atoms. The SMILES string of the molecule is Cc1ccc(-c2noc(CN3CCN(c4cc(C)nc(N)n4)CC3)n2)cc1. The average molecular weight is 365 g/mol. The Balaban J connectivity index is 1.36. The van der Waals surface area contributed by atoms with E-state index in [0.717, 1.165) is 43.3 Å². The van der Waals surface area contributed by atoms with Gasteiger partial charge >= 0.3 is 0 Å². The van der Waals surface area contributed by atoms with Gasteiger partial charge in [-0.25, -0.2) is 4.98 Å². The average Bonchev–Trinajstić information content (AvgIpc) is 3.10. The standard InChI is InChI=1S/C19H23N7O/c1-13-3-5-15(6-4-13)18-23-17(27-24-18)12-25-7-9-26(10-8-25)16-11-14(2)21-19(20)22-16/h3-6,11H,7-10,12H2,1-2H3,(H2,20,21,22). The normalized spacial score (nSPS) is 15.3. The van der Waals surface area contributed by atoms with Crippen LogP contribution in [-0.4, -0.2) is 51.2 Å².